The predicted molar refractivity (Wildman–Crippen MR) is 127 cm³/mol. The van der Waals surface area contributed by atoms with E-state index in [2.05, 4.69) is 39.0 Å². The van der Waals surface area contributed by atoms with Crippen LogP contribution >= 0.6 is 22.9 Å². The van der Waals surface area contributed by atoms with Crippen molar-refractivity contribution < 1.29 is 9.18 Å². The maximum atomic E-state index is 15.4. The second-order valence-corrected chi connectivity index (χ2v) is 9.42. The Balaban J connectivity index is 1.63. The Morgan fingerprint density at radius 3 is 2.94 bits per heavy atom. The van der Waals surface area contributed by atoms with Crippen molar-refractivity contribution in [3.8, 4) is 11.8 Å². The quantitative estimate of drug-likeness (QED) is 0.615. The van der Waals surface area contributed by atoms with Gasteiger partial charge in [0.25, 0.3) is 0 Å². The van der Waals surface area contributed by atoms with E-state index < -0.39 is 5.82 Å². The second-order valence-electron chi connectivity index (χ2n) is 7.98. The molecule has 32 heavy (non-hydrogen) atoms. The second kappa shape index (κ2) is 9.27. The van der Waals surface area contributed by atoms with Crippen LogP contribution in [0.3, 0.4) is 0 Å². The summed E-state index contributed by atoms with van der Waals surface area (Å²) in [7, 11) is 0. The van der Waals surface area contributed by atoms with Crippen molar-refractivity contribution >= 4 is 40.4 Å². The molecule has 0 radical (unpaired) electrons. The van der Waals surface area contributed by atoms with Crippen molar-refractivity contribution in [1.82, 2.24) is 15.6 Å². The Hall–Kier alpha value is -2.95. The summed E-state index contributed by atoms with van der Waals surface area (Å²) in [5.41, 5.74) is 1.54. The molecule has 164 valence electrons. The number of hydrogen-bond acceptors (Lipinski definition) is 5. The molecule has 8 heteroatoms. The van der Waals surface area contributed by atoms with Crippen LogP contribution in [0, 0.1) is 29.5 Å². The molecule has 2 N–H and O–H groups in total. The summed E-state index contributed by atoms with van der Waals surface area (Å²) in [6, 6.07) is 3.15. The van der Waals surface area contributed by atoms with Crippen molar-refractivity contribution in [1.29, 1.82) is 0 Å². The molecule has 1 saturated carbocycles. The summed E-state index contributed by atoms with van der Waals surface area (Å²) in [6.45, 7) is 7.57. The number of aromatic nitrogens is 1. The van der Waals surface area contributed by atoms with Crippen LogP contribution in [0.15, 0.2) is 41.7 Å². The number of thiazole rings is 1. The Kier molecular flexibility index (Phi) is 6.45. The summed E-state index contributed by atoms with van der Waals surface area (Å²) in [6.07, 6.45) is 5.80. The summed E-state index contributed by atoms with van der Waals surface area (Å²) in [5.74, 6) is 6.23. The molecule has 5 nitrogen and oxygen atoms in total. The molecule has 0 unspecified atom stereocenters. The Morgan fingerprint density at radius 1 is 1.44 bits per heavy atom. The van der Waals surface area contributed by atoms with Crippen molar-refractivity contribution in [2.45, 2.75) is 33.2 Å². The van der Waals surface area contributed by atoms with E-state index in [0.29, 0.717) is 27.9 Å². The molecule has 1 aromatic heterocycles. The third-order valence-electron chi connectivity index (χ3n) is 4.91. The topological polar surface area (TPSA) is 66.4 Å². The van der Waals surface area contributed by atoms with Gasteiger partial charge in [-0.05, 0) is 25.0 Å². The van der Waals surface area contributed by atoms with E-state index in [9.17, 15) is 4.79 Å². The van der Waals surface area contributed by atoms with Crippen LogP contribution in [-0.4, -0.2) is 16.7 Å². The number of amides is 1. The number of benzene rings is 1. The molecule has 0 saturated heterocycles. The number of nitrogens with one attached hydrogen (secondary N) is 2. The lowest BCUT2D eigenvalue weighted by Crippen LogP contribution is -2.29. The van der Waals surface area contributed by atoms with Gasteiger partial charge in [-0.1, -0.05) is 49.9 Å². The molecular formula is C24H22ClFN4OS. The van der Waals surface area contributed by atoms with Crippen LogP contribution in [0.4, 0.5) is 4.39 Å². The molecule has 2 aliphatic rings. The number of carbonyl (C=O) groups is 1. The van der Waals surface area contributed by atoms with E-state index in [-0.39, 0.29) is 34.8 Å². The minimum atomic E-state index is -0.544. The SMILES string of the molecule is C=C1C=C(c2ncc(C#CC3CC3)s2)N=C(c2c(Cl)ccc(CNC(=O)C(C)C)c2F)N1. The van der Waals surface area contributed by atoms with Gasteiger partial charge in [0, 0.05) is 29.6 Å². The number of nitrogens with zero attached hydrogens (tertiary/aromatic N) is 2. The molecule has 1 amide bonds. The number of allylic oxidation sites excluding steroid dienone is 1. The molecule has 4 rings (SSSR count). The summed E-state index contributed by atoms with van der Waals surface area (Å²) < 4.78 is 15.4. The minimum Gasteiger partial charge on any atom is -0.352 e. The first-order chi connectivity index (χ1) is 15.3. The molecular weight excluding hydrogens is 447 g/mol. The zero-order valence-electron chi connectivity index (χ0n) is 17.8. The largest absolute Gasteiger partial charge is 0.352 e. The highest BCUT2D eigenvalue weighted by Gasteiger charge is 2.23. The first kappa shape index (κ1) is 22.3. The summed E-state index contributed by atoms with van der Waals surface area (Å²) in [5, 5.41) is 6.60. The number of aliphatic imine (C=N–C) groups is 1. The van der Waals surface area contributed by atoms with E-state index in [1.165, 1.54) is 11.3 Å². The fourth-order valence-corrected chi connectivity index (χ4v) is 3.92. The van der Waals surface area contributed by atoms with Crippen molar-refractivity contribution in [2.75, 3.05) is 0 Å². The van der Waals surface area contributed by atoms with E-state index in [1.54, 1.807) is 38.3 Å². The van der Waals surface area contributed by atoms with Gasteiger partial charge >= 0.3 is 0 Å². The number of carbonyl (C=O) groups excluding carboxylic acids is 1. The maximum Gasteiger partial charge on any atom is 0.222 e. The van der Waals surface area contributed by atoms with Gasteiger partial charge in [-0.2, -0.15) is 0 Å². The van der Waals surface area contributed by atoms with Crippen LogP contribution in [0.2, 0.25) is 5.02 Å². The standard InChI is InChI=1S/C24H22ClFN4OS/c1-13(2)23(31)27-11-16-7-9-18(25)20(21(16)26)22-29-14(3)10-19(30-22)24-28-12-17(32-24)8-6-15-4-5-15/h7,9-10,12-13,15H,3-5,11H2,1-2H3,(H,27,31)(H,29,30). The van der Waals surface area contributed by atoms with Gasteiger partial charge in [0.2, 0.25) is 5.91 Å². The Bertz CT molecular complexity index is 1210. The summed E-state index contributed by atoms with van der Waals surface area (Å²) >= 11 is 7.77. The Morgan fingerprint density at radius 2 is 2.22 bits per heavy atom. The predicted octanol–water partition coefficient (Wildman–Crippen LogP) is 4.87. The average molecular weight is 469 g/mol. The van der Waals surface area contributed by atoms with E-state index in [4.69, 9.17) is 11.6 Å². The van der Waals surface area contributed by atoms with Gasteiger partial charge in [-0.25, -0.2) is 14.4 Å². The number of halogens is 2. The van der Waals surface area contributed by atoms with Gasteiger partial charge in [0.15, 0.2) is 0 Å². The normalized spacial score (nSPS) is 15.5. The van der Waals surface area contributed by atoms with Crippen molar-refractivity contribution in [2.24, 2.45) is 16.8 Å². The van der Waals surface area contributed by atoms with Gasteiger partial charge in [-0.3, -0.25) is 4.79 Å². The third-order valence-corrected chi connectivity index (χ3v) is 6.16. The fraction of sp³-hybridized carbons (Fsp3) is 0.292. The first-order valence-electron chi connectivity index (χ1n) is 10.3. The highest BCUT2D eigenvalue weighted by molar-refractivity contribution is 7.13. The van der Waals surface area contributed by atoms with E-state index in [0.717, 1.165) is 17.7 Å². The van der Waals surface area contributed by atoms with E-state index >= 15 is 4.39 Å². The highest BCUT2D eigenvalue weighted by atomic mass is 35.5. The van der Waals surface area contributed by atoms with E-state index in [1.807, 2.05) is 0 Å². The third kappa shape index (κ3) is 5.09. The molecule has 0 spiro atoms. The van der Waals surface area contributed by atoms with Crippen LogP contribution in [0.5, 0.6) is 0 Å². The minimum absolute atomic E-state index is 0.0550. The molecule has 0 bridgehead atoms. The monoisotopic (exact) mass is 468 g/mol. The number of amidine groups is 1. The zero-order chi connectivity index (χ0) is 22.8. The van der Waals surface area contributed by atoms with Crippen LogP contribution in [0.1, 0.15) is 47.7 Å². The van der Waals surface area contributed by atoms with Gasteiger partial charge in [0.05, 0.1) is 21.7 Å². The average Bonchev–Trinajstić information content (AvgIpc) is 3.46. The lowest BCUT2D eigenvalue weighted by molar-refractivity contribution is -0.124. The van der Waals surface area contributed by atoms with Crippen LogP contribution < -0.4 is 10.6 Å². The molecule has 0 atom stereocenters. The van der Waals surface area contributed by atoms with Crippen LogP contribution in [0.25, 0.3) is 5.70 Å². The van der Waals surface area contributed by atoms with Gasteiger partial charge in [0.1, 0.15) is 22.4 Å². The lowest BCUT2D eigenvalue weighted by atomic mass is 10.1. The Labute approximate surface area is 195 Å². The van der Waals surface area contributed by atoms with Gasteiger partial charge < -0.3 is 10.6 Å². The van der Waals surface area contributed by atoms with Crippen LogP contribution in [-0.2, 0) is 11.3 Å². The van der Waals surface area contributed by atoms with Gasteiger partial charge in [-0.15, -0.1) is 11.3 Å². The molecule has 1 aromatic carbocycles. The number of hydrogen-bond donors (Lipinski definition) is 2. The summed E-state index contributed by atoms with van der Waals surface area (Å²) in [4.78, 5) is 21.7. The first-order valence-corrected chi connectivity index (χ1v) is 11.5. The maximum absolute atomic E-state index is 15.4. The highest BCUT2D eigenvalue weighted by Crippen LogP contribution is 2.30. The zero-order valence-corrected chi connectivity index (χ0v) is 19.3. The fourth-order valence-electron chi connectivity index (χ4n) is 2.95. The molecule has 1 aliphatic heterocycles. The molecule has 2 heterocycles. The number of rotatable bonds is 5. The lowest BCUT2D eigenvalue weighted by Gasteiger charge is -2.19. The van der Waals surface area contributed by atoms with Crippen molar-refractivity contribution in [3.63, 3.8) is 0 Å². The molecule has 2 aromatic rings. The molecule has 1 aliphatic carbocycles. The van der Waals surface area contributed by atoms with Crippen molar-refractivity contribution in [3.05, 3.63) is 68.5 Å². The smallest absolute Gasteiger partial charge is 0.222 e. The molecule has 1 fully saturated rings.